The molecule has 260 valence electrons. The minimum Gasteiger partial charge on any atom is -0.569 e. The summed E-state index contributed by atoms with van der Waals surface area (Å²) in [4.78, 5) is 28.3. The molecule has 1 atom stereocenters. The second-order valence-electron chi connectivity index (χ2n) is 11.5. The minimum atomic E-state index is -4.72. The first-order valence-electron chi connectivity index (χ1n) is 14.4. The highest BCUT2D eigenvalue weighted by molar-refractivity contribution is 7.90. The van der Waals surface area contributed by atoms with Crippen molar-refractivity contribution in [3.8, 4) is 16.9 Å². The molecule has 4 rings (SSSR count). The number of amides is 1. The average Bonchev–Trinajstić information content (AvgIpc) is 3.66. The normalized spacial score (nSPS) is 15.6. The van der Waals surface area contributed by atoms with Crippen molar-refractivity contribution in [1.29, 1.82) is 0 Å². The highest BCUT2D eigenvalue weighted by atomic mass is 32.2. The lowest BCUT2D eigenvalue weighted by Crippen LogP contribution is -2.40. The highest BCUT2D eigenvalue weighted by Crippen LogP contribution is 2.33. The third-order valence-corrected chi connectivity index (χ3v) is 8.00. The molecular formula is C29H33F3N6O9S. The number of hydrazine groups is 1. The monoisotopic (exact) mass is 698 g/mol. The average molecular weight is 699 g/mol. The zero-order valence-electron chi connectivity index (χ0n) is 26.3. The molecule has 1 N–H and O–H groups in total. The van der Waals surface area contributed by atoms with Crippen LogP contribution in [-0.2, 0) is 35.2 Å². The molecular weight excluding hydrogens is 665 g/mol. The van der Waals surface area contributed by atoms with Crippen LogP contribution < -0.4 is 4.72 Å². The number of nitrogens with zero attached hydrogens (tertiary/aromatic N) is 5. The Morgan fingerprint density at radius 1 is 1.08 bits per heavy atom. The van der Waals surface area contributed by atoms with E-state index in [1.165, 1.54) is 17.1 Å². The van der Waals surface area contributed by atoms with Crippen LogP contribution >= 0.6 is 0 Å². The van der Waals surface area contributed by atoms with Crippen LogP contribution in [-0.4, -0.2) is 72.0 Å². The minimum absolute atomic E-state index is 0.0944. The quantitative estimate of drug-likeness (QED) is 0.0710. The van der Waals surface area contributed by atoms with Crippen molar-refractivity contribution < 1.29 is 55.2 Å². The molecule has 0 unspecified atom stereocenters. The molecule has 0 aliphatic carbocycles. The number of hydrogen-bond acceptors (Lipinski definition) is 11. The van der Waals surface area contributed by atoms with Crippen molar-refractivity contribution >= 4 is 22.3 Å². The van der Waals surface area contributed by atoms with E-state index in [0.717, 1.165) is 28.4 Å². The summed E-state index contributed by atoms with van der Waals surface area (Å²) >= 11 is 0. The fourth-order valence-electron chi connectivity index (χ4n) is 4.47. The molecule has 1 fully saturated rings. The lowest BCUT2D eigenvalue weighted by molar-refractivity contribution is -0.715. The lowest BCUT2D eigenvalue weighted by atomic mass is 10.1. The van der Waals surface area contributed by atoms with Gasteiger partial charge in [0.1, 0.15) is 18.2 Å². The number of carbonyl (C=O) groups excluding carboxylic acids is 2. The number of ether oxygens (including phenoxy) is 3. The molecule has 2 aromatic carbocycles. The van der Waals surface area contributed by atoms with Gasteiger partial charge in [0.25, 0.3) is 16.8 Å². The summed E-state index contributed by atoms with van der Waals surface area (Å²) in [5.74, 6) is 0. The van der Waals surface area contributed by atoms with E-state index in [9.17, 15) is 36.4 Å². The van der Waals surface area contributed by atoms with Gasteiger partial charge in [-0.3, -0.25) is 0 Å². The fraction of sp³-hybridized carbons (Fsp3) is 0.414. The lowest BCUT2D eigenvalue weighted by Gasteiger charge is -2.20. The third-order valence-electron chi connectivity index (χ3n) is 6.68. The van der Waals surface area contributed by atoms with E-state index in [1.807, 2.05) is 6.92 Å². The van der Waals surface area contributed by atoms with Crippen molar-refractivity contribution in [2.24, 2.45) is 5.28 Å². The van der Waals surface area contributed by atoms with Crippen LogP contribution in [0, 0.1) is 12.1 Å². The molecule has 15 nitrogen and oxygen atoms in total. The summed E-state index contributed by atoms with van der Waals surface area (Å²) in [7, 11) is -4.46. The van der Waals surface area contributed by atoms with Gasteiger partial charge in [0.15, 0.2) is 5.69 Å². The molecule has 0 saturated carbocycles. The Balaban J connectivity index is 1.36. The number of rotatable bonds is 10. The molecule has 1 saturated heterocycles. The van der Waals surface area contributed by atoms with Crippen molar-refractivity contribution in [2.45, 2.75) is 63.3 Å². The van der Waals surface area contributed by atoms with Gasteiger partial charge in [0.2, 0.25) is 5.28 Å². The molecule has 1 amide bonds. The SMILES string of the molecule is Cc1ccc(-c2cc(C(F)(F)F)nn2-c2ccc(S(=O)(=O)NC(=O)OC[C@@H]3CCCN3[N+]([O-])=NOCOC(=O)OC(C)(C)C)cc2)cc1. The maximum Gasteiger partial charge on any atom is 0.511 e. The van der Waals surface area contributed by atoms with Crippen molar-refractivity contribution in [2.75, 3.05) is 19.9 Å². The highest BCUT2D eigenvalue weighted by Gasteiger charge is 2.36. The Kier molecular flexibility index (Phi) is 10.7. The molecule has 1 aromatic heterocycles. The number of alkyl halides is 3. The topological polar surface area (TPSA) is 177 Å². The second-order valence-corrected chi connectivity index (χ2v) is 13.2. The van der Waals surface area contributed by atoms with E-state index in [-0.39, 0.29) is 34.4 Å². The van der Waals surface area contributed by atoms with Crippen LogP contribution in [0.5, 0.6) is 0 Å². The van der Waals surface area contributed by atoms with E-state index in [4.69, 9.17) is 9.47 Å². The van der Waals surface area contributed by atoms with Crippen LogP contribution in [0.25, 0.3) is 16.9 Å². The van der Waals surface area contributed by atoms with Gasteiger partial charge in [-0.2, -0.15) is 18.3 Å². The Bertz CT molecular complexity index is 1740. The van der Waals surface area contributed by atoms with Gasteiger partial charge >= 0.3 is 18.4 Å². The standard InChI is InChI=1S/C29H33F3N6O9S/c1-19-7-9-20(10-8-19)24-16-25(29(30,31)32)33-37(24)21-11-13-23(14-12-21)48(42,43)34-26(39)44-17-22-6-5-15-36(22)38(41)35-46-18-45-27(40)47-28(2,3)4/h7-14,16,22H,5-6,15,17-18H2,1-4H3,(H,34,39)/t22-/m0/s1. The van der Waals surface area contributed by atoms with Gasteiger partial charge in [-0.25, -0.2) is 27.4 Å². The Hall–Kier alpha value is -5.07. The number of halogens is 3. The first-order valence-corrected chi connectivity index (χ1v) is 15.9. The number of carbonyl (C=O) groups is 2. The van der Waals surface area contributed by atoms with Gasteiger partial charge in [0.05, 0.1) is 27.8 Å². The molecule has 0 bridgehead atoms. The van der Waals surface area contributed by atoms with E-state index in [0.29, 0.717) is 18.4 Å². The molecule has 48 heavy (non-hydrogen) atoms. The molecule has 1 aliphatic rings. The van der Waals surface area contributed by atoms with Gasteiger partial charge in [-0.15, -0.1) is 5.01 Å². The van der Waals surface area contributed by atoms with E-state index >= 15 is 0 Å². The predicted molar refractivity (Wildman–Crippen MR) is 159 cm³/mol. The molecule has 19 heteroatoms. The molecule has 1 aliphatic heterocycles. The Labute approximate surface area is 273 Å². The molecule has 2 heterocycles. The van der Waals surface area contributed by atoms with Crippen molar-refractivity contribution in [3.63, 3.8) is 0 Å². The first kappa shape index (κ1) is 35.8. The van der Waals surface area contributed by atoms with Gasteiger partial charge < -0.3 is 24.3 Å². The maximum absolute atomic E-state index is 13.5. The van der Waals surface area contributed by atoms with Crippen LogP contribution in [0.15, 0.2) is 64.8 Å². The van der Waals surface area contributed by atoms with Crippen LogP contribution in [0.3, 0.4) is 0 Å². The largest absolute Gasteiger partial charge is 0.569 e. The van der Waals surface area contributed by atoms with Crippen LogP contribution in [0.2, 0.25) is 0 Å². The third kappa shape index (κ3) is 9.49. The number of hydrogen-bond donors (Lipinski definition) is 1. The maximum atomic E-state index is 13.5. The number of benzene rings is 2. The summed E-state index contributed by atoms with van der Waals surface area (Å²) in [5.41, 5.74) is -0.299. The zero-order chi connectivity index (χ0) is 35.3. The van der Waals surface area contributed by atoms with E-state index < -0.39 is 52.6 Å². The Morgan fingerprint density at radius 2 is 1.75 bits per heavy atom. The zero-order valence-corrected chi connectivity index (χ0v) is 27.1. The summed E-state index contributed by atoms with van der Waals surface area (Å²) in [6.07, 6.45) is -6.15. The number of aromatic nitrogens is 2. The van der Waals surface area contributed by atoms with Gasteiger partial charge in [0, 0.05) is 5.56 Å². The van der Waals surface area contributed by atoms with E-state index in [2.05, 4.69) is 20.0 Å². The number of sulfonamides is 1. The van der Waals surface area contributed by atoms with Crippen molar-refractivity contribution in [1.82, 2.24) is 19.5 Å². The first-order chi connectivity index (χ1) is 22.4. The molecule has 0 radical (unpaired) electrons. The second kappa shape index (κ2) is 14.4. The molecule has 0 spiro atoms. The fourth-order valence-corrected chi connectivity index (χ4v) is 5.36. The summed E-state index contributed by atoms with van der Waals surface area (Å²) in [6, 6.07) is 11.7. The Morgan fingerprint density at radius 3 is 2.38 bits per heavy atom. The van der Waals surface area contributed by atoms with Crippen LogP contribution in [0.4, 0.5) is 22.8 Å². The smallest absolute Gasteiger partial charge is 0.511 e. The van der Waals surface area contributed by atoms with Crippen molar-refractivity contribution in [3.05, 3.63) is 71.1 Å². The van der Waals surface area contributed by atoms with E-state index in [1.54, 1.807) is 49.8 Å². The summed E-state index contributed by atoms with van der Waals surface area (Å²) in [6.45, 7) is 5.86. The van der Waals surface area contributed by atoms with Gasteiger partial charge in [-0.1, -0.05) is 29.8 Å². The van der Waals surface area contributed by atoms with Gasteiger partial charge in [-0.05, 0) is 70.9 Å². The number of nitrogens with one attached hydrogen (secondary N) is 1. The molecule has 3 aromatic rings. The predicted octanol–water partition coefficient (Wildman–Crippen LogP) is 5.46. The number of aryl methyl sites for hydroxylation is 1. The summed E-state index contributed by atoms with van der Waals surface area (Å²) < 4.78 is 83.7. The summed E-state index contributed by atoms with van der Waals surface area (Å²) in [5, 5.41) is 20.5. The van der Waals surface area contributed by atoms with Crippen LogP contribution in [0.1, 0.15) is 44.9 Å².